The van der Waals surface area contributed by atoms with Crippen molar-refractivity contribution in [3.63, 3.8) is 0 Å². The van der Waals surface area contributed by atoms with E-state index in [2.05, 4.69) is 33.9 Å². The van der Waals surface area contributed by atoms with Crippen molar-refractivity contribution in [1.82, 2.24) is 9.97 Å². The highest BCUT2D eigenvalue weighted by Gasteiger charge is 2.08. The summed E-state index contributed by atoms with van der Waals surface area (Å²) in [5.41, 5.74) is 0. The molecule has 1 N–H and O–H groups in total. The van der Waals surface area contributed by atoms with Crippen LogP contribution in [0.3, 0.4) is 0 Å². The predicted molar refractivity (Wildman–Crippen MR) is 75.3 cm³/mol. The Hall–Kier alpha value is -1.85. The van der Waals surface area contributed by atoms with E-state index in [9.17, 15) is 4.79 Å². The van der Waals surface area contributed by atoms with Crippen molar-refractivity contribution in [2.45, 2.75) is 32.7 Å². The van der Waals surface area contributed by atoms with Crippen LogP contribution in [0.5, 0.6) is 0 Å². The third-order valence-corrected chi connectivity index (χ3v) is 2.93. The van der Waals surface area contributed by atoms with Gasteiger partial charge in [0.25, 0.3) is 0 Å². The summed E-state index contributed by atoms with van der Waals surface area (Å²) >= 11 is 0. The molecule has 0 aliphatic rings. The minimum atomic E-state index is -0.223. The van der Waals surface area contributed by atoms with Gasteiger partial charge < -0.3 is 15.0 Å². The molecule has 1 heterocycles. The maximum absolute atomic E-state index is 11.1. The van der Waals surface area contributed by atoms with Crippen molar-refractivity contribution < 1.29 is 9.53 Å². The van der Waals surface area contributed by atoms with Crippen LogP contribution in [-0.4, -0.2) is 42.7 Å². The van der Waals surface area contributed by atoms with Crippen LogP contribution >= 0.6 is 0 Å². The van der Waals surface area contributed by atoms with Crippen molar-refractivity contribution in [2.24, 2.45) is 0 Å². The third kappa shape index (κ3) is 5.11. The van der Waals surface area contributed by atoms with Crippen LogP contribution < -0.4 is 10.2 Å². The molecule has 1 atom stereocenters. The van der Waals surface area contributed by atoms with Crippen LogP contribution in [0.25, 0.3) is 0 Å². The van der Waals surface area contributed by atoms with Gasteiger partial charge in [0, 0.05) is 25.7 Å². The number of carbonyl (C=O) groups is 1. The highest BCUT2D eigenvalue weighted by atomic mass is 16.5. The quantitative estimate of drug-likeness (QED) is 0.757. The smallest absolute Gasteiger partial charge is 0.307 e. The third-order valence-electron chi connectivity index (χ3n) is 2.93. The summed E-state index contributed by atoms with van der Waals surface area (Å²) in [5.74, 6) is 1.35. The fourth-order valence-corrected chi connectivity index (χ4v) is 1.46. The topological polar surface area (TPSA) is 67.4 Å². The van der Waals surface area contributed by atoms with Gasteiger partial charge in [0.1, 0.15) is 18.0 Å². The first-order chi connectivity index (χ1) is 9.06. The van der Waals surface area contributed by atoms with Crippen LogP contribution in [0.1, 0.15) is 26.7 Å². The number of carbonyl (C=O) groups excluding carboxylic acids is 1. The fraction of sp³-hybridized carbons (Fsp3) is 0.615. The number of hydrogen-bond acceptors (Lipinski definition) is 6. The molecule has 0 bridgehead atoms. The molecule has 0 aromatic carbocycles. The number of rotatable bonds is 7. The van der Waals surface area contributed by atoms with Gasteiger partial charge in [-0.25, -0.2) is 9.97 Å². The molecule has 0 saturated carbocycles. The molecule has 0 aliphatic carbocycles. The second-order valence-electron chi connectivity index (χ2n) is 4.46. The van der Waals surface area contributed by atoms with Gasteiger partial charge in [-0.2, -0.15) is 0 Å². The molecular weight excluding hydrogens is 244 g/mol. The normalized spacial score (nSPS) is 11.8. The van der Waals surface area contributed by atoms with E-state index in [0.717, 1.165) is 18.1 Å². The second-order valence-corrected chi connectivity index (χ2v) is 4.46. The molecule has 1 rings (SSSR count). The molecule has 1 aromatic rings. The van der Waals surface area contributed by atoms with Crippen LogP contribution in [0.15, 0.2) is 12.4 Å². The molecule has 1 aromatic heterocycles. The summed E-state index contributed by atoms with van der Waals surface area (Å²) in [4.78, 5) is 21.4. The van der Waals surface area contributed by atoms with Crippen molar-refractivity contribution in [2.75, 3.05) is 30.9 Å². The van der Waals surface area contributed by atoms with Gasteiger partial charge in [-0.05, 0) is 13.3 Å². The fourth-order valence-electron chi connectivity index (χ4n) is 1.46. The lowest BCUT2D eigenvalue weighted by molar-refractivity contribution is -0.140. The highest BCUT2D eigenvalue weighted by molar-refractivity contribution is 5.69. The maximum atomic E-state index is 11.1. The van der Waals surface area contributed by atoms with Gasteiger partial charge in [0.15, 0.2) is 0 Å². The monoisotopic (exact) mass is 266 g/mol. The number of hydrogen-bond donors (Lipinski definition) is 1. The molecule has 0 radical (unpaired) electrons. The first-order valence-corrected chi connectivity index (χ1v) is 6.43. The minimum Gasteiger partial charge on any atom is -0.469 e. The molecule has 0 fully saturated rings. The largest absolute Gasteiger partial charge is 0.469 e. The SMILES string of the molecule is CCC(C)Nc1cc(N(C)CCC(=O)OC)ncn1. The standard InChI is InChI=1S/C13H22N4O2/c1-5-10(2)16-11-8-12(15-9-14-11)17(3)7-6-13(18)19-4/h8-10H,5-7H2,1-4H3,(H,14,15,16). The number of ether oxygens (including phenoxy) is 1. The Kier molecular flexibility index (Phi) is 6.05. The first kappa shape index (κ1) is 15.2. The Morgan fingerprint density at radius 2 is 2.26 bits per heavy atom. The van der Waals surface area contributed by atoms with Crippen molar-refractivity contribution in [1.29, 1.82) is 0 Å². The Labute approximate surface area is 114 Å². The van der Waals surface area contributed by atoms with E-state index in [4.69, 9.17) is 0 Å². The van der Waals surface area contributed by atoms with E-state index in [-0.39, 0.29) is 5.97 Å². The highest BCUT2D eigenvalue weighted by Crippen LogP contribution is 2.14. The Bertz CT molecular complexity index is 411. The zero-order valence-corrected chi connectivity index (χ0v) is 12.0. The Balaban J connectivity index is 2.62. The Morgan fingerprint density at radius 3 is 2.89 bits per heavy atom. The lowest BCUT2D eigenvalue weighted by Gasteiger charge is -2.19. The lowest BCUT2D eigenvalue weighted by atomic mass is 10.2. The molecule has 0 spiro atoms. The molecule has 106 valence electrons. The molecule has 1 unspecified atom stereocenters. The number of anilines is 2. The molecule has 19 heavy (non-hydrogen) atoms. The van der Waals surface area contributed by atoms with Gasteiger partial charge in [-0.15, -0.1) is 0 Å². The van der Waals surface area contributed by atoms with Crippen LogP contribution in [0.2, 0.25) is 0 Å². The van der Waals surface area contributed by atoms with Gasteiger partial charge in [-0.3, -0.25) is 4.79 Å². The number of aromatic nitrogens is 2. The first-order valence-electron chi connectivity index (χ1n) is 6.43. The van der Waals surface area contributed by atoms with Crippen LogP contribution in [0, 0.1) is 0 Å². The van der Waals surface area contributed by atoms with Crippen LogP contribution in [0.4, 0.5) is 11.6 Å². The van der Waals surface area contributed by atoms with E-state index in [1.807, 2.05) is 18.0 Å². The molecule has 6 nitrogen and oxygen atoms in total. The predicted octanol–water partition coefficient (Wildman–Crippen LogP) is 1.69. The van der Waals surface area contributed by atoms with Gasteiger partial charge in [-0.1, -0.05) is 6.92 Å². The van der Waals surface area contributed by atoms with E-state index in [1.54, 1.807) is 0 Å². The summed E-state index contributed by atoms with van der Waals surface area (Å²) in [6.07, 6.45) is 2.89. The average Bonchev–Trinajstić information content (AvgIpc) is 2.44. The van der Waals surface area contributed by atoms with E-state index in [1.165, 1.54) is 13.4 Å². The maximum Gasteiger partial charge on any atom is 0.307 e. The zero-order chi connectivity index (χ0) is 14.3. The lowest BCUT2D eigenvalue weighted by Crippen LogP contribution is -2.23. The molecular formula is C13H22N4O2. The molecule has 0 saturated heterocycles. The average molecular weight is 266 g/mol. The molecule has 0 aliphatic heterocycles. The van der Waals surface area contributed by atoms with Gasteiger partial charge in [0.05, 0.1) is 13.5 Å². The summed E-state index contributed by atoms with van der Waals surface area (Å²) < 4.78 is 4.62. The second kappa shape index (κ2) is 7.56. The zero-order valence-electron chi connectivity index (χ0n) is 12.0. The van der Waals surface area contributed by atoms with Crippen LogP contribution in [-0.2, 0) is 9.53 Å². The number of nitrogens with zero attached hydrogens (tertiary/aromatic N) is 3. The molecule has 0 amide bonds. The Morgan fingerprint density at radius 1 is 1.53 bits per heavy atom. The number of methoxy groups -OCH3 is 1. The van der Waals surface area contributed by atoms with E-state index < -0.39 is 0 Å². The molecule has 6 heteroatoms. The number of esters is 1. The van der Waals surface area contributed by atoms with Crippen molar-refractivity contribution in [3.8, 4) is 0 Å². The summed E-state index contributed by atoms with van der Waals surface area (Å²) in [6, 6.07) is 2.24. The van der Waals surface area contributed by atoms with Gasteiger partial charge in [0.2, 0.25) is 0 Å². The summed E-state index contributed by atoms with van der Waals surface area (Å²) in [5, 5.41) is 3.29. The van der Waals surface area contributed by atoms with Gasteiger partial charge >= 0.3 is 5.97 Å². The summed E-state index contributed by atoms with van der Waals surface area (Å²) in [6.45, 7) is 4.78. The number of nitrogens with one attached hydrogen (secondary N) is 1. The van der Waals surface area contributed by atoms with Crippen molar-refractivity contribution in [3.05, 3.63) is 12.4 Å². The summed E-state index contributed by atoms with van der Waals surface area (Å²) in [7, 11) is 3.28. The van der Waals surface area contributed by atoms with E-state index >= 15 is 0 Å². The van der Waals surface area contributed by atoms with Crippen molar-refractivity contribution >= 4 is 17.6 Å². The minimum absolute atomic E-state index is 0.223. The van der Waals surface area contributed by atoms with E-state index in [0.29, 0.717) is 19.0 Å².